The van der Waals surface area contributed by atoms with Gasteiger partial charge in [0, 0.05) is 11.8 Å². The number of anilines is 1. The number of hydrogen-bond donors (Lipinski definition) is 1. The molecule has 0 aliphatic rings. The highest BCUT2D eigenvalue weighted by molar-refractivity contribution is 6.06. The number of pyridine rings is 1. The Hall–Kier alpha value is -2.69. The summed E-state index contributed by atoms with van der Waals surface area (Å²) < 4.78 is 5.40. The first-order chi connectivity index (χ1) is 9.74. The lowest BCUT2D eigenvalue weighted by Gasteiger charge is -2.11. The molecule has 0 aliphatic heterocycles. The van der Waals surface area contributed by atoms with E-state index in [0.29, 0.717) is 35.5 Å². The van der Waals surface area contributed by atoms with Gasteiger partial charge in [0.25, 0.3) is 5.91 Å². The molecule has 0 spiro atoms. The molecule has 2 aromatic rings. The van der Waals surface area contributed by atoms with E-state index in [2.05, 4.69) is 10.3 Å². The summed E-state index contributed by atoms with van der Waals surface area (Å²) in [5.41, 5.74) is 1.32. The van der Waals surface area contributed by atoms with E-state index >= 15 is 0 Å². The quantitative estimate of drug-likeness (QED) is 0.848. The number of carbonyl (C=O) groups excluding carboxylic acids is 2. The largest absolute Gasteiger partial charge is 0.493 e. The Morgan fingerprint density at radius 3 is 2.90 bits per heavy atom. The topological polar surface area (TPSA) is 68.3 Å². The maximum absolute atomic E-state index is 12.2. The Bertz CT molecular complexity index is 612. The van der Waals surface area contributed by atoms with Crippen molar-refractivity contribution in [1.29, 1.82) is 0 Å². The second-order valence-corrected chi connectivity index (χ2v) is 4.00. The number of hydrogen-bond acceptors (Lipinski definition) is 4. The molecule has 5 nitrogen and oxygen atoms in total. The summed E-state index contributed by atoms with van der Waals surface area (Å²) in [7, 11) is 0. The Morgan fingerprint density at radius 1 is 1.40 bits per heavy atom. The maximum atomic E-state index is 12.2. The minimum Gasteiger partial charge on any atom is -0.493 e. The number of aromatic nitrogens is 1. The number of nitrogens with zero attached hydrogens (tertiary/aromatic N) is 1. The van der Waals surface area contributed by atoms with Gasteiger partial charge in [0.15, 0.2) is 0 Å². The van der Waals surface area contributed by atoms with Crippen LogP contribution in [0.2, 0.25) is 0 Å². The van der Waals surface area contributed by atoms with Crippen LogP contribution in [-0.4, -0.2) is 23.8 Å². The predicted molar refractivity (Wildman–Crippen MR) is 75.2 cm³/mol. The van der Waals surface area contributed by atoms with Crippen molar-refractivity contribution in [1.82, 2.24) is 4.98 Å². The predicted octanol–water partition coefficient (Wildman–Crippen LogP) is 2.55. The molecule has 1 heterocycles. The van der Waals surface area contributed by atoms with Gasteiger partial charge in [0.05, 0.1) is 24.1 Å². The van der Waals surface area contributed by atoms with Gasteiger partial charge in [-0.05, 0) is 37.3 Å². The molecule has 1 N–H and O–H groups in total. The fourth-order valence-electron chi connectivity index (χ4n) is 1.71. The summed E-state index contributed by atoms with van der Waals surface area (Å²) in [6.07, 6.45) is 3.85. The van der Waals surface area contributed by atoms with E-state index in [4.69, 9.17) is 4.74 Å². The van der Waals surface area contributed by atoms with Gasteiger partial charge in [0.2, 0.25) is 0 Å². The Morgan fingerprint density at radius 2 is 2.25 bits per heavy atom. The smallest absolute Gasteiger partial charge is 0.259 e. The standard InChI is InChI=1S/C15H14N2O3/c1-2-20-14-6-5-11(10-18)8-13(14)15(19)17-12-4-3-7-16-9-12/h3-10H,2H2,1H3,(H,17,19). The Balaban J connectivity index is 2.29. The molecule has 0 atom stereocenters. The van der Waals surface area contributed by atoms with Crippen molar-refractivity contribution >= 4 is 17.9 Å². The summed E-state index contributed by atoms with van der Waals surface area (Å²) in [5, 5.41) is 2.71. The van der Waals surface area contributed by atoms with Crippen molar-refractivity contribution in [3.05, 3.63) is 53.9 Å². The van der Waals surface area contributed by atoms with E-state index in [1.165, 1.54) is 6.07 Å². The molecule has 1 amide bonds. The molecule has 5 heteroatoms. The zero-order chi connectivity index (χ0) is 14.4. The fraction of sp³-hybridized carbons (Fsp3) is 0.133. The molecule has 0 radical (unpaired) electrons. The van der Waals surface area contributed by atoms with Gasteiger partial charge < -0.3 is 10.1 Å². The third-order valence-electron chi connectivity index (χ3n) is 2.60. The SMILES string of the molecule is CCOc1ccc(C=O)cc1C(=O)Nc1cccnc1. The van der Waals surface area contributed by atoms with E-state index in [1.54, 1.807) is 36.7 Å². The lowest BCUT2D eigenvalue weighted by molar-refractivity contribution is 0.102. The maximum Gasteiger partial charge on any atom is 0.259 e. The van der Waals surface area contributed by atoms with Crippen LogP contribution < -0.4 is 10.1 Å². The van der Waals surface area contributed by atoms with Gasteiger partial charge >= 0.3 is 0 Å². The lowest BCUT2D eigenvalue weighted by atomic mass is 10.1. The Kier molecular flexibility index (Phi) is 4.44. The van der Waals surface area contributed by atoms with Crippen LogP contribution in [0.3, 0.4) is 0 Å². The third kappa shape index (κ3) is 3.20. The second-order valence-electron chi connectivity index (χ2n) is 4.00. The monoisotopic (exact) mass is 270 g/mol. The summed E-state index contributed by atoms with van der Waals surface area (Å²) in [6.45, 7) is 2.27. The lowest BCUT2D eigenvalue weighted by Crippen LogP contribution is -2.14. The van der Waals surface area contributed by atoms with Crippen LogP contribution in [0.25, 0.3) is 0 Å². The van der Waals surface area contributed by atoms with Crippen LogP contribution in [0.4, 0.5) is 5.69 Å². The average Bonchev–Trinajstić information content (AvgIpc) is 2.49. The highest BCUT2D eigenvalue weighted by Crippen LogP contribution is 2.21. The van der Waals surface area contributed by atoms with Crippen LogP contribution in [0.5, 0.6) is 5.75 Å². The molecule has 0 saturated heterocycles. The number of ether oxygens (including phenoxy) is 1. The summed E-state index contributed by atoms with van der Waals surface area (Å²) in [6, 6.07) is 8.18. The van der Waals surface area contributed by atoms with Gasteiger partial charge in [-0.3, -0.25) is 14.6 Å². The van der Waals surface area contributed by atoms with E-state index < -0.39 is 0 Å². The zero-order valence-corrected chi connectivity index (χ0v) is 11.0. The molecule has 1 aromatic carbocycles. The van der Waals surface area contributed by atoms with Gasteiger partial charge in [-0.2, -0.15) is 0 Å². The van der Waals surface area contributed by atoms with Gasteiger partial charge in [-0.1, -0.05) is 0 Å². The van der Waals surface area contributed by atoms with Crippen molar-refractivity contribution in [3.8, 4) is 5.75 Å². The highest BCUT2D eigenvalue weighted by Gasteiger charge is 2.13. The average molecular weight is 270 g/mol. The molecule has 0 aliphatic carbocycles. The molecule has 2 rings (SSSR count). The van der Waals surface area contributed by atoms with Crippen molar-refractivity contribution in [2.75, 3.05) is 11.9 Å². The van der Waals surface area contributed by atoms with Crippen molar-refractivity contribution < 1.29 is 14.3 Å². The molecular weight excluding hydrogens is 256 g/mol. The molecule has 0 saturated carbocycles. The number of nitrogens with one attached hydrogen (secondary N) is 1. The van der Waals surface area contributed by atoms with E-state index in [-0.39, 0.29) is 5.91 Å². The zero-order valence-electron chi connectivity index (χ0n) is 11.0. The van der Waals surface area contributed by atoms with Crippen molar-refractivity contribution in [2.45, 2.75) is 6.92 Å². The number of aldehydes is 1. The Labute approximate surface area is 116 Å². The minimum absolute atomic E-state index is 0.320. The highest BCUT2D eigenvalue weighted by atomic mass is 16.5. The van der Waals surface area contributed by atoms with Crippen LogP contribution in [0.15, 0.2) is 42.7 Å². The summed E-state index contributed by atoms with van der Waals surface area (Å²) in [4.78, 5) is 27.0. The van der Waals surface area contributed by atoms with Crippen LogP contribution >= 0.6 is 0 Å². The normalized spacial score (nSPS) is 9.85. The first-order valence-electron chi connectivity index (χ1n) is 6.18. The molecular formula is C15H14N2O3. The van der Waals surface area contributed by atoms with E-state index in [9.17, 15) is 9.59 Å². The van der Waals surface area contributed by atoms with Crippen LogP contribution in [0.1, 0.15) is 27.6 Å². The van der Waals surface area contributed by atoms with Crippen molar-refractivity contribution in [2.24, 2.45) is 0 Å². The first-order valence-corrected chi connectivity index (χ1v) is 6.18. The van der Waals surface area contributed by atoms with Crippen LogP contribution in [-0.2, 0) is 0 Å². The molecule has 0 fully saturated rings. The first kappa shape index (κ1) is 13.7. The molecule has 20 heavy (non-hydrogen) atoms. The number of amides is 1. The van der Waals surface area contributed by atoms with Gasteiger partial charge in [0.1, 0.15) is 12.0 Å². The summed E-state index contributed by atoms with van der Waals surface area (Å²) in [5.74, 6) is 0.102. The molecule has 0 unspecified atom stereocenters. The summed E-state index contributed by atoms with van der Waals surface area (Å²) >= 11 is 0. The third-order valence-corrected chi connectivity index (χ3v) is 2.60. The van der Waals surface area contributed by atoms with Crippen molar-refractivity contribution in [3.63, 3.8) is 0 Å². The van der Waals surface area contributed by atoms with Gasteiger partial charge in [-0.15, -0.1) is 0 Å². The molecule has 1 aromatic heterocycles. The second kappa shape index (κ2) is 6.47. The van der Waals surface area contributed by atoms with E-state index in [0.717, 1.165) is 0 Å². The van der Waals surface area contributed by atoms with Crippen LogP contribution in [0, 0.1) is 0 Å². The molecule has 102 valence electrons. The number of rotatable bonds is 5. The van der Waals surface area contributed by atoms with Gasteiger partial charge in [-0.25, -0.2) is 0 Å². The number of benzene rings is 1. The molecule has 0 bridgehead atoms. The minimum atomic E-state index is -0.342. The van der Waals surface area contributed by atoms with E-state index in [1.807, 2.05) is 6.92 Å². The fourth-order valence-corrected chi connectivity index (χ4v) is 1.71. The number of carbonyl (C=O) groups is 2.